The molecule has 0 atom stereocenters. The summed E-state index contributed by atoms with van der Waals surface area (Å²) < 4.78 is 10.5. The Morgan fingerprint density at radius 3 is 2.94 bits per heavy atom. The molecule has 0 aliphatic rings. The van der Waals surface area contributed by atoms with Crippen LogP contribution in [0.2, 0.25) is 0 Å². The van der Waals surface area contributed by atoms with Crippen molar-refractivity contribution < 1.29 is 9.26 Å². The first-order valence-electron chi connectivity index (χ1n) is 5.87. The quantitative estimate of drug-likeness (QED) is 0.873. The van der Waals surface area contributed by atoms with E-state index >= 15 is 0 Å². The minimum atomic E-state index is 0.527. The number of benzene rings is 1. The molecule has 0 spiro atoms. The van der Waals surface area contributed by atoms with Gasteiger partial charge in [0, 0.05) is 18.5 Å². The fourth-order valence-electron chi connectivity index (χ4n) is 1.66. The zero-order valence-electron chi connectivity index (χ0n) is 10.9. The molecule has 1 N–H and O–H groups in total. The predicted molar refractivity (Wildman–Crippen MR) is 68.7 cm³/mol. The van der Waals surface area contributed by atoms with Crippen LogP contribution in [0.1, 0.15) is 11.4 Å². The van der Waals surface area contributed by atoms with E-state index in [1.165, 1.54) is 0 Å². The number of hydrogen-bond donors (Lipinski definition) is 1. The van der Waals surface area contributed by atoms with Gasteiger partial charge in [-0.2, -0.15) is 4.98 Å². The van der Waals surface area contributed by atoms with Crippen molar-refractivity contribution in [1.82, 2.24) is 15.5 Å². The van der Waals surface area contributed by atoms with Gasteiger partial charge in [0.2, 0.25) is 0 Å². The molecule has 96 valence electrons. The second-order valence-corrected chi connectivity index (χ2v) is 4.05. The molecule has 0 fully saturated rings. The summed E-state index contributed by atoms with van der Waals surface area (Å²) in [5.41, 5.74) is 1.96. The molecular weight excluding hydrogens is 230 g/mol. The molecule has 0 radical (unpaired) electrons. The number of hydrogen-bond acceptors (Lipinski definition) is 5. The van der Waals surface area contributed by atoms with Crippen molar-refractivity contribution in [2.75, 3.05) is 20.7 Å². The van der Waals surface area contributed by atoms with E-state index in [1.54, 1.807) is 7.11 Å². The second-order valence-electron chi connectivity index (χ2n) is 4.05. The third-order valence-electron chi connectivity index (χ3n) is 2.72. The Morgan fingerprint density at radius 2 is 2.22 bits per heavy atom. The first-order chi connectivity index (χ1) is 8.74. The van der Waals surface area contributed by atoms with Gasteiger partial charge in [-0.05, 0) is 31.7 Å². The van der Waals surface area contributed by atoms with Crippen LogP contribution in [0.3, 0.4) is 0 Å². The summed E-state index contributed by atoms with van der Waals surface area (Å²) in [5, 5.41) is 6.99. The van der Waals surface area contributed by atoms with E-state index in [4.69, 9.17) is 9.26 Å². The highest BCUT2D eigenvalue weighted by Gasteiger charge is 2.10. The monoisotopic (exact) mass is 247 g/mol. The number of aromatic nitrogens is 2. The largest absolute Gasteiger partial charge is 0.496 e. The zero-order valence-corrected chi connectivity index (χ0v) is 10.9. The number of ether oxygens (including phenoxy) is 1. The molecule has 0 saturated heterocycles. The molecule has 1 heterocycles. The SMILES string of the molecule is CNCCc1noc(-c2ccc(C)c(OC)c2)n1. The predicted octanol–water partition coefficient (Wildman–Crippen LogP) is 1.82. The van der Waals surface area contributed by atoms with Crippen LogP contribution in [-0.4, -0.2) is 30.8 Å². The van der Waals surface area contributed by atoms with Crippen LogP contribution >= 0.6 is 0 Å². The Balaban J connectivity index is 2.23. The Hall–Kier alpha value is -1.88. The smallest absolute Gasteiger partial charge is 0.258 e. The van der Waals surface area contributed by atoms with E-state index in [9.17, 15) is 0 Å². The van der Waals surface area contributed by atoms with Gasteiger partial charge in [0.1, 0.15) is 5.75 Å². The van der Waals surface area contributed by atoms with E-state index < -0.39 is 0 Å². The Bertz CT molecular complexity index is 523. The Morgan fingerprint density at radius 1 is 1.39 bits per heavy atom. The van der Waals surface area contributed by atoms with Gasteiger partial charge in [0.15, 0.2) is 5.82 Å². The Kier molecular flexibility index (Phi) is 3.94. The number of rotatable bonds is 5. The van der Waals surface area contributed by atoms with Crippen molar-refractivity contribution >= 4 is 0 Å². The van der Waals surface area contributed by atoms with Gasteiger partial charge in [-0.25, -0.2) is 0 Å². The van der Waals surface area contributed by atoms with Gasteiger partial charge >= 0.3 is 0 Å². The van der Waals surface area contributed by atoms with E-state index in [2.05, 4.69) is 15.5 Å². The third-order valence-corrected chi connectivity index (χ3v) is 2.72. The van der Waals surface area contributed by atoms with Gasteiger partial charge in [0.25, 0.3) is 5.89 Å². The lowest BCUT2D eigenvalue weighted by Crippen LogP contribution is -2.10. The molecule has 2 aromatic rings. The molecule has 0 unspecified atom stereocenters. The van der Waals surface area contributed by atoms with E-state index in [0.717, 1.165) is 29.8 Å². The molecule has 5 heteroatoms. The van der Waals surface area contributed by atoms with E-state index in [0.29, 0.717) is 11.7 Å². The van der Waals surface area contributed by atoms with Gasteiger partial charge in [-0.3, -0.25) is 0 Å². The first kappa shape index (κ1) is 12.6. The maximum Gasteiger partial charge on any atom is 0.258 e. The van der Waals surface area contributed by atoms with Crippen molar-refractivity contribution in [3.05, 3.63) is 29.6 Å². The van der Waals surface area contributed by atoms with Crippen LogP contribution in [0, 0.1) is 6.92 Å². The summed E-state index contributed by atoms with van der Waals surface area (Å²) in [6.07, 6.45) is 0.753. The lowest BCUT2D eigenvalue weighted by atomic mass is 10.1. The second kappa shape index (κ2) is 5.64. The average molecular weight is 247 g/mol. The summed E-state index contributed by atoms with van der Waals surface area (Å²) in [5.74, 6) is 2.06. The van der Waals surface area contributed by atoms with Crippen molar-refractivity contribution in [1.29, 1.82) is 0 Å². The summed E-state index contributed by atoms with van der Waals surface area (Å²) in [6.45, 7) is 2.82. The summed E-state index contributed by atoms with van der Waals surface area (Å²) in [7, 11) is 3.55. The summed E-state index contributed by atoms with van der Waals surface area (Å²) >= 11 is 0. The molecule has 2 rings (SSSR count). The fourth-order valence-corrected chi connectivity index (χ4v) is 1.66. The number of nitrogens with zero attached hydrogens (tertiary/aromatic N) is 2. The standard InChI is InChI=1S/C13H17N3O2/c1-9-4-5-10(8-11(9)17-3)13-15-12(16-18-13)6-7-14-2/h4-5,8,14H,6-7H2,1-3H3. The van der Waals surface area contributed by atoms with Crippen LogP contribution in [0.4, 0.5) is 0 Å². The summed E-state index contributed by atoms with van der Waals surface area (Å²) in [4.78, 5) is 4.35. The van der Waals surface area contributed by atoms with Crippen molar-refractivity contribution in [3.63, 3.8) is 0 Å². The minimum absolute atomic E-state index is 0.527. The van der Waals surface area contributed by atoms with Crippen LogP contribution < -0.4 is 10.1 Å². The van der Waals surface area contributed by atoms with Gasteiger partial charge in [0.05, 0.1) is 7.11 Å². The number of methoxy groups -OCH3 is 1. The Labute approximate surface area is 106 Å². The van der Waals surface area contributed by atoms with Crippen molar-refractivity contribution in [3.8, 4) is 17.2 Å². The number of likely N-dealkylation sites (N-methyl/N-ethyl adjacent to an activating group) is 1. The minimum Gasteiger partial charge on any atom is -0.496 e. The fraction of sp³-hybridized carbons (Fsp3) is 0.385. The molecule has 0 amide bonds. The molecule has 0 saturated carbocycles. The highest BCUT2D eigenvalue weighted by Crippen LogP contribution is 2.25. The van der Waals surface area contributed by atoms with Crippen molar-refractivity contribution in [2.45, 2.75) is 13.3 Å². The molecule has 1 aromatic carbocycles. The maximum absolute atomic E-state index is 5.28. The average Bonchev–Trinajstić information content (AvgIpc) is 2.85. The van der Waals surface area contributed by atoms with Crippen LogP contribution in [-0.2, 0) is 6.42 Å². The van der Waals surface area contributed by atoms with E-state index in [-0.39, 0.29) is 0 Å². The zero-order chi connectivity index (χ0) is 13.0. The lowest BCUT2D eigenvalue weighted by molar-refractivity contribution is 0.409. The molecule has 5 nitrogen and oxygen atoms in total. The normalized spacial score (nSPS) is 10.6. The third kappa shape index (κ3) is 2.68. The number of nitrogens with one attached hydrogen (secondary N) is 1. The highest BCUT2D eigenvalue weighted by atomic mass is 16.5. The van der Waals surface area contributed by atoms with E-state index in [1.807, 2.05) is 32.2 Å². The molecule has 1 aromatic heterocycles. The van der Waals surface area contributed by atoms with Crippen LogP contribution in [0.25, 0.3) is 11.5 Å². The molecular formula is C13H17N3O2. The highest BCUT2D eigenvalue weighted by molar-refractivity contribution is 5.57. The maximum atomic E-state index is 5.28. The van der Waals surface area contributed by atoms with Crippen molar-refractivity contribution in [2.24, 2.45) is 0 Å². The van der Waals surface area contributed by atoms with Gasteiger partial charge < -0.3 is 14.6 Å². The topological polar surface area (TPSA) is 60.2 Å². The lowest BCUT2D eigenvalue weighted by Gasteiger charge is -2.04. The van der Waals surface area contributed by atoms with Crippen LogP contribution in [0.15, 0.2) is 22.7 Å². The number of aryl methyl sites for hydroxylation is 1. The first-order valence-corrected chi connectivity index (χ1v) is 5.87. The molecule has 0 aliphatic carbocycles. The molecule has 18 heavy (non-hydrogen) atoms. The van der Waals surface area contributed by atoms with Gasteiger partial charge in [-0.15, -0.1) is 0 Å². The van der Waals surface area contributed by atoms with Crippen LogP contribution in [0.5, 0.6) is 5.75 Å². The van der Waals surface area contributed by atoms with Gasteiger partial charge in [-0.1, -0.05) is 11.2 Å². The molecule has 0 aliphatic heterocycles. The summed E-state index contributed by atoms with van der Waals surface area (Å²) in [6, 6.07) is 5.84. The molecule has 0 bridgehead atoms.